The first-order valence-corrected chi connectivity index (χ1v) is 4.61. The smallest absolute Gasteiger partial charge is 0.133 e. The third-order valence-electron chi connectivity index (χ3n) is 2.45. The molecule has 0 spiro atoms. The van der Waals surface area contributed by atoms with Crippen LogP contribution in [0.1, 0.15) is 40.5 Å². The summed E-state index contributed by atoms with van der Waals surface area (Å²) in [6.45, 7) is 7.82. The first-order valence-electron chi connectivity index (χ1n) is 4.61. The summed E-state index contributed by atoms with van der Waals surface area (Å²) in [5.74, 6) is 0.564. The summed E-state index contributed by atoms with van der Waals surface area (Å²) in [5, 5.41) is 0. The molecule has 70 valence electrons. The van der Waals surface area contributed by atoms with Crippen LogP contribution in [0.3, 0.4) is 0 Å². The summed E-state index contributed by atoms with van der Waals surface area (Å²) in [6.07, 6.45) is 2.07. The number of ketones is 1. The lowest BCUT2D eigenvalue weighted by Crippen LogP contribution is -2.47. The quantitative estimate of drug-likeness (QED) is 0.649. The van der Waals surface area contributed by atoms with Crippen molar-refractivity contribution in [1.29, 1.82) is 0 Å². The van der Waals surface area contributed by atoms with Crippen molar-refractivity contribution >= 4 is 5.78 Å². The second-order valence-corrected chi connectivity index (χ2v) is 4.33. The summed E-state index contributed by atoms with van der Waals surface area (Å²) in [6, 6.07) is 0. The highest BCUT2D eigenvalue weighted by Gasteiger charge is 2.43. The van der Waals surface area contributed by atoms with Crippen LogP contribution in [0.2, 0.25) is 0 Å². The van der Waals surface area contributed by atoms with E-state index in [2.05, 4.69) is 6.92 Å². The van der Waals surface area contributed by atoms with Crippen LogP contribution in [0.4, 0.5) is 0 Å². The van der Waals surface area contributed by atoms with Gasteiger partial charge in [0.2, 0.25) is 0 Å². The van der Waals surface area contributed by atoms with E-state index < -0.39 is 0 Å². The third-order valence-corrected chi connectivity index (χ3v) is 2.45. The first-order chi connectivity index (χ1) is 5.43. The molecule has 0 N–H and O–H groups in total. The van der Waals surface area contributed by atoms with E-state index in [1.807, 2.05) is 13.8 Å². The lowest BCUT2D eigenvalue weighted by molar-refractivity contribution is -0.156. The van der Waals surface area contributed by atoms with Crippen molar-refractivity contribution in [3.63, 3.8) is 0 Å². The standard InChI is InChI=1S/C10H18O2/c1-7(2)12-10(4)5-9(6-10)8(3)11/h7,9H,5-6H2,1-4H3. The first kappa shape index (κ1) is 9.72. The van der Waals surface area contributed by atoms with Crippen LogP contribution in [0.15, 0.2) is 0 Å². The molecule has 2 heteroatoms. The monoisotopic (exact) mass is 170 g/mol. The molecule has 0 aromatic heterocycles. The van der Waals surface area contributed by atoms with Gasteiger partial charge in [-0.2, -0.15) is 0 Å². The zero-order chi connectivity index (χ0) is 9.35. The summed E-state index contributed by atoms with van der Waals surface area (Å²) in [7, 11) is 0. The van der Waals surface area contributed by atoms with Crippen LogP contribution in [0.25, 0.3) is 0 Å². The van der Waals surface area contributed by atoms with E-state index in [9.17, 15) is 4.79 Å². The molecule has 1 aliphatic carbocycles. The van der Waals surface area contributed by atoms with Gasteiger partial charge < -0.3 is 4.74 Å². The number of rotatable bonds is 3. The fourth-order valence-electron chi connectivity index (χ4n) is 1.94. The van der Waals surface area contributed by atoms with Gasteiger partial charge in [0.1, 0.15) is 5.78 Å². The Kier molecular flexibility index (Phi) is 2.57. The van der Waals surface area contributed by atoms with Crippen LogP contribution in [-0.4, -0.2) is 17.5 Å². The molecule has 2 nitrogen and oxygen atoms in total. The Bertz CT molecular complexity index is 178. The van der Waals surface area contributed by atoms with Gasteiger partial charge in [0.15, 0.2) is 0 Å². The van der Waals surface area contributed by atoms with Crippen molar-refractivity contribution < 1.29 is 9.53 Å². The molecule has 0 aromatic carbocycles. The number of hydrogen-bond donors (Lipinski definition) is 0. The van der Waals surface area contributed by atoms with Crippen molar-refractivity contribution in [2.75, 3.05) is 0 Å². The largest absolute Gasteiger partial charge is 0.373 e. The maximum atomic E-state index is 10.9. The fraction of sp³-hybridized carbons (Fsp3) is 0.900. The normalized spacial score (nSPS) is 34.9. The average molecular weight is 170 g/mol. The second kappa shape index (κ2) is 3.17. The predicted molar refractivity (Wildman–Crippen MR) is 48.0 cm³/mol. The van der Waals surface area contributed by atoms with E-state index in [-0.39, 0.29) is 17.6 Å². The summed E-state index contributed by atoms with van der Waals surface area (Å²) >= 11 is 0. The molecule has 1 rings (SSSR count). The minimum absolute atomic E-state index is 0.0233. The Morgan fingerprint density at radius 1 is 1.50 bits per heavy atom. The van der Waals surface area contributed by atoms with Crippen LogP contribution in [0.5, 0.6) is 0 Å². The highest BCUT2D eigenvalue weighted by atomic mass is 16.5. The summed E-state index contributed by atoms with van der Waals surface area (Å²) in [5.41, 5.74) is -0.0233. The summed E-state index contributed by atoms with van der Waals surface area (Å²) < 4.78 is 5.70. The molecule has 1 aliphatic rings. The predicted octanol–water partition coefficient (Wildman–Crippen LogP) is 2.17. The van der Waals surface area contributed by atoms with Crippen LogP contribution in [-0.2, 0) is 9.53 Å². The number of Topliss-reactive ketones (excluding diaryl/α,β-unsaturated/α-hetero) is 1. The minimum Gasteiger partial charge on any atom is -0.373 e. The molecule has 0 radical (unpaired) electrons. The van der Waals surface area contributed by atoms with Crippen molar-refractivity contribution in [3.8, 4) is 0 Å². The second-order valence-electron chi connectivity index (χ2n) is 4.33. The average Bonchev–Trinajstić information content (AvgIpc) is 1.80. The van der Waals surface area contributed by atoms with E-state index in [4.69, 9.17) is 4.74 Å². The number of ether oxygens (including phenoxy) is 1. The van der Waals surface area contributed by atoms with Gasteiger partial charge in [-0.3, -0.25) is 4.79 Å². The number of hydrogen-bond acceptors (Lipinski definition) is 2. The van der Waals surface area contributed by atoms with Crippen LogP contribution < -0.4 is 0 Å². The molecule has 1 saturated carbocycles. The molecule has 0 amide bonds. The Morgan fingerprint density at radius 2 is 2.00 bits per heavy atom. The molecular weight excluding hydrogens is 152 g/mol. The molecule has 0 heterocycles. The number of carbonyl (C=O) groups excluding carboxylic acids is 1. The molecule has 0 unspecified atom stereocenters. The van der Waals surface area contributed by atoms with Gasteiger partial charge in [-0.15, -0.1) is 0 Å². The Hall–Kier alpha value is -0.370. The molecular formula is C10H18O2. The maximum absolute atomic E-state index is 10.9. The van der Waals surface area contributed by atoms with Gasteiger partial charge in [0, 0.05) is 5.92 Å². The molecule has 0 saturated heterocycles. The van der Waals surface area contributed by atoms with E-state index in [0.29, 0.717) is 5.78 Å². The van der Waals surface area contributed by atoms with Crippen LogP contribution in [0, 0.1) is 5.92 Å². The van der Waals surface area contributed by atoms with E-state index >= 15 is 0 Å². The van der Waals surface area contributed by atoms with Gasteiger partial charge in [-0.05, 0) is 40.5 Å². The maximum Gasteiger partial charge on any atom is 0.133 e. The van der Waals surface area contributed by atoms with Crippen molar-refractivity contribution in [3.05, 3.63) is 0 Å². The molecule has 0 aromatic rings. The SMILES string of the molecule is CC(=O)C1CC(C)(OC(C)C)C1. The zero-order valence-corrected chi connectivity index (χ0v) is 8.39. The Labute approximate surface area is 74.3 Å². The topological polar surface area (TPSA) is 26.3 Å². The van der Waals surface area contributed by atoms with Crippen molar-refractivity contribution in [2.24, 2.45) is 5.92 Å². The molecule has 1 fully saturated rings. The Balaban J connectivity index is 2.35. The highest BCUT2D eigenvalue weighted by Crippen LogP contribution is 2.41. The molecule has 0 aliphatic heterocycles. The lowest BCUT2D eigenvalue weighted by atomic mass is 9.70. The van der Waals surface area contributed by atoms with E-state index in [1.54, 1.807) is 6.92 Å². The van der Waals surface area contributed by atoms with Gasteiger partial charge in [-0.25, -0.2) is 0 Å². The fourth-order valence-corrected chi connectivity index (χ4v) is 1.94. The molecule has 12 heavy (non-hydrogen) atoms. The van der Waals surface area contributed by atoms with Gasteiger partial charge in [0.25, 0.3) is 0 Å². The van der Waals surface area contributed by atoms with Gasteiger partial charge in [-0.1, -0.05) is 0 Å². The lowest BCUT2D eigenvalue weighted by Gasteiger charge is -2.44. The van der Waals surface area contributed by atoms with E-state index in [0.717, 1.165) is 12.8 Å². The van der Waals surface area contributed by atoms with E-state index in [1.165, 1.54) is 0 Å². The summed E-state index contributed by atoms with van der Waals surface area (Å²) in [4.78, 5) is 10.9. The van der Waals surface area contributed by atoms with Crippen LogP contribution >= 0.6 is 0 Å². The Morgan fingerprint density at radius 3 is 2.33 bits per heavy atom. The van der Waals surface area contributed by atoms with Crippen molar-refractivity contribution in [2.45, 2.75) is 52.2 Å². The molecule has 0 bridgehead atoms. The van der Waals surface area contributed by atoms with Crippen molar-refractivity contribution in [1.82, 2.24) is 0 Å². The highest BCUT2D eigenvalue weighted by molar-refractivity contribution is 5.79. The van der Waals surface area contributed by atoms with Gasteiger partial charge >= 0.3 is 0 Å². The molecule has 0 atom stereocenters. The van der Waals surface area contributed by atoms with Gasteiger partial charge in [0.05, 0.1) is 11.7 Å². The minimum atomic E-state index is -0.0233. The third kappa shape index (κ3) is 2.07. The number of carbonyl (C=O) groups is 1. The zero-order valence-electron chi connectivity index (χ0n) is 8.39.